The summed E-state index contributed by atoms with van der Waals surface area (Å²) in [7, 11) is 1.97. The molecule has 0 saturated heterocycles. The normalized spacial score (nSPS) is 13.7. The van der Waals surface area contributed by atoms with Crippen molar-refractivity contribution in [2.24, 2.45) is 0 Å². The molecule has 1 aromatic heterocycles. The lowest BCUT2D eigenvalue weighted by atomic mass is 10.1. The number of aryl methyl sites for hydroxylation is 1. The lowest BCUT2D eigenvalue weighted by molar-refractivity contribution is -0.118. The zero-order chi connectivity index (χ0) is 19.0. The monoisotopic (exact) mass is 400 g/mol. The molecule has 2 aromatic carbocycles. The summed E-state index contributed by atoms with van der Waals surface area (Å²) in [6, 6.07) is 13.2. The van der Waals surface area contributed by atoms with E-state index in [2.05, 4.69) is 0 Å². The molecule has 0 N–H and O–H groups in total. The Bertz CT molecular complexity index is 1020. The van der Waals surface area contributed by atoms with Gasteiger partial charge in [0.1, 0.15) is 0 Å². The van der Waals surface area contributed by atoms with Crippen LogP contribution in [0.25, 0.3) is 11.0 Å². The van der Waals surface area contributed by atoms with E-state index in [0.717, 1.165) is 22.4 Å². The van der Waals surface area contributed by atoms with Gasteiger partial charge in [0, 0.05) is 26.6 Å². The van der Waals surface area contributed by atoms with E-state index in [1.807, 2.05) is 48.3 Å². The first-order chi connectivity index (χ1) is 13.0. The Hall–Kier alpha value is -2.37. The first-order valence-corrected chi connectivity index (χ1v) is 9.51. The minimum Gasteiger partial charge on any atom is -0.355 e. The zero-order valence-electron chi connectivity index (χ0n) is 14.8. The minimum atomic E-state index is 0.00460. The van der Waals surface area contributed by atoms with E-state index < -0.39 is 0 Å². The van der Waals surface area contributed by atoms with Crippen molar-refractivity contribution in [1.29, 1.82) is 0 Å². The van der Waals surface area contributed by atoms with Gasteiger partial charge in [-0.2, -0.15) is 0 Å². The maximum absolute atomic E-state index is 12.9. The summed E-state index contributed by atoms with van der Waals surface area (Å²) >= 11 is 12.3. The van der Waals surface area contributed by atoms with E-state index in [1.165, 1.54) is 0 Å². The van der Waals surface area contributed by atoms with Gasteiger partial charge in [0.05, 0.1) is 21.1 Å². The highest BCUT2D eigenvalue weighted by molar-refractivity contribution is 6.42. The van der Waals surface area contributed by atoms with Crippen molar-refractivity contribution in [3.8, 4) is 0 Å². The lowest BCUT2D eigenvalue weighted by Gasteiger charge is -2.33. The second-order valence-corrected chi connectivity index (χ2v) is 7.32. The van der Waals surface area contributed by atoms with E-state index in [1.54, 1.807) is 11.0 Å². The molecule has 0 fully saturated rings. The molecule has 7 heteroatoms. The van der Waals surface area contributed by atoms with Crippen molar-refractivity contribution in [1.82, 2.24) is 9.97 Å². The standard InChI is InChI=1S/C20H18Cl2N4O/c1-25-11-12-26(17(27)10-9-13-5-4-6-14(21)18(13)22)20-19(25)23-15-7-2-3-8-16(15)24-20/h2-8H,9-12H2,1H3. The maximum atomic E-state index is 12.9. The number of amides is 1. The highest BCUT2D eigenvalue weighted by Crippen LogP contribution is 2.32. The third-order valence-electron chi connectivity index (χ3n) is 4.75. The fourth-order valence-corrected chi connectivity index (χ4v) is 3.66. The fourth-order valence-electron chi connectivity index (χ4n) is 3.24. The van der Waals surface area contributed by atoms with Crippen molar-refractivity contribution in [2.75, 3.05) is 29.9 Å². The quantitative estimate of drug-likeness (QED) is 0.655. The first-order valence-electron chi connectivity index (χ1n) is 8.76. The number of rotatable bonds is 3. The SMILES string of the molecule is CN1CCN(C(=O)CCc2cccc(Cl)c2Cl)c2nc3ccccc3nc21. The molecule has 1 aliphatic heterocycles. The molecule has 4 rings (SSSR count). The lowest BCUT2D eigenvalue weighted by Crippen LogP contribution is -2.43. The largest absolute Gasteiger partial charge is 0.355 e. The van der Waals surface area contributed by atoms with E-state index in [9.17, 15) is 4.79 Å². The summed E-state index contributed by atoms with van der Waals surface area (Å²) in [6.45, 7) is 1.29. The second kappa shape index (κ2) is 7.33. The van der Waals surface area contributed by atoms with Crippen LogP contribution >= 0.6 is 23.2 Å². The molecular formula is C20H18Cl2N4O. The Morgan fingerprint density at radius 1 is 1.00 bits per heavy atom. The van der Waals surface area contributed by atoms with E-state index in [4.69, 9.17) is 33.2 Å². The van der Waals surface area contributed by atoms with Crippen LogP contribution in [0.4, 0.5) is 11.6 Å². The zero-order valence-corrected chi connectivity index (χ0v) is 16.3. The Kier molecular flexibility index (Phi) is 4.89. The average Bonchev–Trinajstić information content (AvgIpc) is 2.68. The second-order valence-electron chi connectivity index (χ2n) is 6.54. The number of aromatic nitrogens is 2. The van der Waals surface area contributed by atoms with Gasteiger partial charge in [-0.15, -0.1) is 0 Å². The molecule has 0 spiro atoms. The molecule has 3 aromatic rings. The van der Waals surface area contributed by atoms with E-state index in [0.29, 0.717) is 41.8 Å². The smallest absolute Gasteiger partial charge is 0.228 e. The van der Waals surface area contributed by atoms with Crippen molar-refractivity contribution in [2.45, 2.75) is 12.8 Å². The number of likely N-dealkylation sites (N-methyl/N-ethyl adjacent to an activating group) is 1. The van der Waals surface area contributed by atoms with Crippen molar-refractivity contribution >= 4 is 51.8 Å². The molecule has 0 radical (unpaired) electrons. The van der Waals surface area contributed by atoms with Gasteiger partial charge >= 0.3 is 0 Å². The fraction of sp³-hybridized carbons (Fsp3) is 0.250. The number of para-hydroxylation sites is 2. The Labute approximate surface area is 167 Å². The minimum absolute atomic E-state index is 0.00460. The number of hydrogen-bond acceptors (Lipinski definition) is 4. The van der Waals surface area contributed by atoms with Crippen LogP contribution in [0.3, 0.4) is 0 Å². The number of halogens is 2. The molecule has 1 aliphatic rings. The number of carbonyl (C=O) groups excluding carboxylic acids is 1. The number of nitrogens with zero attached hydrogens (tertiary/aromatic N) is 4. The molecule has 0 atom stereocenters. The molecule has 2 heterocycles. The first kappa shape index (κ1) is 18.0. The molecule has 0 aliphatic carbocycles. The summed E-state index contributed by atoms with van der Waals surface area (Å²) in [5, 5.41) is 1.01. The van der Waals surface area contributed by atoms with Gasteiger partial charge in [-0.05, 0) is 30.2 Å². The Morgan fingerprint density at radius 3 is 2.44 bits per heavy atom. The van der Waals surface area contributed by atoms with Gasteiger partial charge in [-0.25, -0.2) is 9.97 Å². The summed E-state index contributed by atoms with van der Waals surface area (Å²) < 4.78 is 0. The van der Waals surface area contributed by atoms with Gasteiger partial charge in [0.15, 0.2) is 11.6 Å². The third kappa shape index (κ3) is 3.45. The van der Waals surface area contributed by atoms with Crippen molar-refractivity contribution in [3.05, 3.63) is 58.1 Å². The Morgan fingerprint density at radius 2 is 1.70 bits per heavy atom. The van der Waals surface area contributed by atoms with Gasteiger partial charge in [-0.3, -0.25) is 9.69 Å². The predicted molar refractivity (Wildman–Crippen MR) is 110 cm³/mol. The van der Waals surface area contributed by atoms with Crippen LogP contribution < -0.4 is 9.80 Å². The summed E-state index contributed by atoms with van der Waals surface area (Å²) in [4.78, 5) is 26.1. The molecule has 5 nitrogen and oxygen atoms in total. The summed E-state index contributed by atoms with van der Waals surface area (Å²) in [6.07, 6.45) is 0.860. The molecule has 27 heavy (non-hydrogen) atoms. The highest BCUT2D eigenvalue weighted by atomic mass is 35.5. The van der Waals surface area contributed by atoms with Gasteiger partial charge in [0.25, 0.3) is 0 Å². The molecule has 1 amide bonds. The van der Waals surface area contributed by atoms with Gasteiger partial charge in [-0.1, -0.05) is 47.5 Å². The van der Waals surface area contributed by atoms with Crippen LogP contribution in [0.15, 0.2) is 42.5 Å². The molecule has 0 bridgehead atoms. The van der Waals surface area contributed by atoms with Crippen molar-refractivity contribution < 1.29 is 4.79 Å². The van der Waals surface area contributed by atoms with Crippen LogP contribution in [0, 0.1) is 0 Å². The maximum Gasteiger partial charge on any atom is 0.228 e. The van der Waals surface area contributed by atoms with Crippen molar-refractivity contribution in [3.63, 3.8) is 0 Å². The van der Waals surface area contributed by atoms with Crippen LogP contribution in [0.1, 0.15) is 12.0 Å². The molecular weight excluding hydrogens is 383 g/mol. The number of hydrogen-bond donors (Lipinski definition) is 0. The highest BCUT2D eigenvalue weighted by Gasteiger charge is 2.28. The number of carbonyl (C=O) groups is 1. The molecule has 0 saturated carbocycles. The topological polar surface area (TPSA) is 49.3 Å². The van der Waals surface area contributed by atoms with E-state index in [-0.39, 0.29) is 5.91 Å². The summed E-state index contributed by atoms with van der Waals surface area (Å²) in [5.41, 5.74) is 2.47. The number of anilines is 2. The molecule has 138 valence electrons. The Balaban J connectivity index is 1.61. The van der Waals surface area contributed by atoms with Crippen LogP contribution in [-0.2, 0) is 11.2 Å². The van der Waals surface area contributed by atoms with Crippen LogP contribution in [-0.4, -0.2) is 36.0 Å². The number of benzene rings is 2. The van der Waals surface area contributed by atoms with Gasteiger partial charge < -0.3 is 4.90 Å². The summed E-state index contributed by atoms with van der Waals surface area (Å²) in [5.74, 6) is 1.35. The molecule has 0 unspecified atom stereocenters. The van der Waals surface area contributed by atoms with Crippen LogP contribution in [0.5, 0.6) is 0 Å². The predicted octanol–water partition coefficient (Wildman–Crippen LogP) is 4.35. The van der Waals surface area contributed by atoms with E-state index >= 15 is 0 Å². The van der Waals surface area contributed by atoms with Crippen LogP contribution in [0.2, 0.25) is 10.0 Å². The van der Waals surface area contributed by atoms with Gasteiger partial charge in [0.2, 0.25) is 5.91 Å². The average molecular weight is 401 g/mol. The third-order valence-corrected chi connectivity index (χ3v) is 5.61. The number of fused-ring (bicyclic) bond motifs is 2.